The molecule has 0 unspecified atom stereocenters. The lowest BCUT2D eigenvalue weighted by Gasteiger charge is -2.09. The first-order valence-electron chi connectivity index (χ1n) is 6.97. The first-order valence-corrected chi connectivity index (χ1v) is 6.97. The minimum Gasteiger partial charge on any atom is -0.467 e. The summed E-state index contributed by atoms with van der Waals surface area (Å²) in [6.45, 7) is 0.195. The number of carbonyl (C=O) groups is 1. The van der Waals surface area contributed by atoms with Crippen molar-refractivity contribution >= 4 is 17.4 Å². The molecular weight excluding hydrogens is 318 g/mol. The van der Waals surface area contributed by atoms with Gasteiger partial charge in [-0.3, -0.25) is 4.79 Å². The van der Waals surface area contributed by atoms with Crippen molar-refractivity contribution in [1.29, 1.82) is 0 Å². The van der Waals surface area contributed by atoms with Crippen LogP contribution in [0.2, 0.25) is 0 Å². The fourth-order valence-electron chi connectivity index (χ4n) is 1.97. The predicted molar refractivity (Wildman–Crippen MR) is 81.6 cm³/mol. The maximum atomic E-state index is 13.6. The molecule has 1 amide bonds. The number of furan rings is 1. The second kappa shape index (κ2) is 6.86. The van der Waals surface area contributed by atoms with Crippen molar-refractivity contribution in [2.24, 2.45) is 0 Å². The molecule has 3 aromatic rings. The minimum atomic E-state index is -0.766. The van der Waals surface area contributed by atoms with Gasteiger partial charge >= 0.3 is 0 Å². The normalized spacial score (nSPS) is 10.4. The Hall–Kier alpha value is -3.29. The number of carbonyl (C=O) groups excluding carboxylic acids is 1. The van der Waals surface area contributed by atoms with Gasteiger partial charge in [0.05, 0.1) is 12.8 Å². The van der Waals surface area contributed by atoms with E-state index in [2.05, 4.69) is 20.6 Å². The molecule has 3 rings (SSSR count). The standard InChI is InChI=1S/C16H12F2N4O2/c17-11-4-1-5-12(18)15(11)22-14-7-13(20-9-21-14)16(23)19-8-10-3-2-6-24-10/h1-7,9H,8H2,(H,19,23)(H,20,21,22). The number of nitrogens with one attached hydrogen (secondary N) is 2. The summed E-state index contributed by atoms with van der Waals surface area (Å²) in [6, 6.07) is 8.20. The van der Waals surface area contributed by atoms with E-state index in [4.69, 9.17) is 4.42 Å². The van der Waals surface area contributed by atoms with Crippen molar-refractivity contribution in [3.05, 3.63) is 72.1 Å². The topological polar surface area (TPSA) is 80.0 Å². The van der Waals surface area contributed by atoms with E-state index in [9.17, 15) is 13.6 Å². The van der Waals surface area contributed by atoms with Crippen LogP contribution in [0.25, 0.3) is 0 Å². The van der Waals surface area contributed by atoms with Crippen molar-refractivity contribution in [3.63, 3.8) is 0 Å². The molecule has 0 bridgehead atoms. The average molecular weight is 330 g/mol. The summed E-state index contributed by atoms with van der Waals surface area (Å²) in [5, 5.41) is 5.12. The number of halogens is 2. The summed E-state index contributed by atoms with van der Waals surface area (Å²) >= 11 is 0. The van der Waals surface area contributed by atoms with E-state index in [1.807, 2.05) is 0 Å². The van der Waals surface area contributed by atoms with Gasteiger partial charge in [0.15, 0.2) is 0 Å². The summed E-state index contributed by atoms with van der Waals surface area (Å²) in [7, 11) is 0. The largest absolute Gasteiger partial charge is 0.467 e. The van der Waals surface area contributed by atoms with Gasteiger partial charge in [-0.2, -0.15) is 0 Å². The van der Waals surface area contributed by atoms with Crippen molar-refractivity contribution in [2.45, 2.75) is 6.54 Å². The van der Waals surface area contributed by atoms with Crippen molar-refractivity contribution in [2.75, 3.05) is 5.32 Å². The summed E-state index contributed by atoms with van der Waals surface area (Å²) < 4.78 is 32.4. The molecule has 2 heterocycles. The molecule has 24 heavy (non-hydrogen) atoms. The monoisotopic (exact) mass is 330 g/mol. The lowest BCUT2D eigenvalue weighted by Crippen LogP contribution is -2.23. The van der Waals surface area contributed by atoms with Gasteiger partial charge in [-0.15, -0.1) is 0 Å². The van der Waals surface area contributed by atoms with Gasteiger partial charge in [-0.1, -0.05) is 6.07 Å². The quantitative estimate of drug-likeness (QED) is 0.752. The van der Waals surface area contributed by atoms with E-state index in [-0.39, 0.29) is 23.7 Å². The van der Waals surface area contributed by atoms with E-state index in [1.54, 1.807) is 12.1 Å². The Balaban J connectivity index is 1.73. The third-order valence-corrected chi connectivity index (χ3v) is 3.12. The molecule has 0 radical (unpaired) electrons. The average Bonchev–Trinajstić information content (AvgIpc) is 3.10. The van der Waals surface area contributed by atoms with Crippen molar-refractivity contribution in [3.8, 4) is 0 Å². The number of amides is 1. The zero-order valence-electron chi connectivity index (χ0n) is 12.3. The summed E-state index contributed by atoms with van der Waals surface area (Å²) in [5.41, 5.74) is -0.297. The Morgan fingerprint density at radius 1 is 1.12 bits per heavy atom. The van der Waals surface area contributed by atoms with E-state index in [0.29, 0.717) is 5.76 Å². The first-order chi connectivity index (χ1) is 11.6. The molecule has 8 heteroatoms. The van der Waals surface area contributed by atoms with Gasteiger partial charge in [-0.05, 0) is 24.3 Å². The molecule has 6 nitrogen and oxygen atoms in total. The molecule has 0 atom stereocenters. The molecule has 2 N–H and O–H groups in total. The zero-order chi connectivity index (χ0) is 16.9. The van der Waals surface area contributed by atoms with Gasteiger partial charge in [0, 0.05) is 6.07 Å². The van der Waals surface area contributed by atoms with Crippen LogP contribution in [0.3, 0.4) is 0 Å². The number of hydrogen-bond donors (Lipinski definition) is 2. The Morgan fingerprint density at radius 3 is 2.62 bits per heavy atom. The second-order valence-corrected chi connectivity index (χ2v) is 4.77. The van der Waals surface area contributed by atoms with E-state index in [1.165, 1.54) is 18.4 Å². The van der Waals surface area contributed by atoms with E-state index >= 15 is 0 Å². The fraction of sp³-hybridized carbons (Fsp3) is 0.0625. The highest BCUT2D eigenvalue weighted by Gasteiger charge is 2.12. The molecule has 122 valence electrons. The summed E-state index contributed by atoms with van der Waals surface area (Å²) in [4.78, 5) is 19.8. The van der Waals surface area contributed by atoms with Crippen LogP contribution in [0.1, 0.15) is 16.2 Å². The molecule has 2 aromatic heterocycles. The Bertz CT molecular complexity index is 833. The Labute approximate surface area is 135 Å². The van der Waals surface area contributed by atoms with Gasteiger partial charge < -0.3 is 15.1 Å². The predicted octanol–water partition coefficient (Wildman–Crippen LogP) is 3.02. The Kier molecular flexibility index (Phi) is 4.46. The van der Waals surface area contributed by atoms with Gasteiger partial charge in [0.2, 0.25) is 0 Å². The van der Waals surface area contributed by atoms with Crippen molar-refractivity contribution < 1.29 is 18.0 Å². The van der Waals surface area contributed by atoms with Gasteiger partial charge in [0.1, 0.15) is 40.9 Å². The third-order valence-electron chi connectivity index (χ3n) is 3.12. The van der Waals surface area contributed by atoms with Crippen LogP contribution >= 0.6 is 0 Å². The van der Waals surface area contributed by atoms with Crippen LogP contribution in [0.4, 0.5) is 20.3 Å². The number of nitrogens with zero attached hydrogens (tertiary/aromatic N) is 2. The minimum absolute atomic E-state index is 0.0517. The lowest BCUT2D eigenvalue weighted by molar-refractivity contribution is 0.0943. The number of anilines is 2. The highest BCUT2D eigenvalue weighted by Crippen LogP contribution is 2.21. The number of rotatable bonds is 5. The van der Waals surface area contributed by atoms with Crippen LogP contribution in [-0.2, 0) is 6.54 Å². The van der Waals surface area contributed by atoms with E-state index < -0.39 is 17.5 Å². The van der Waals surface area contributed by atoms with Crippen molar-refractivity contribution in [1.82, 2.24) is 15.3 Å². The second-order valence-electron chi connectivity index (χ2n) is 4.77. The highest BCUT2D eigenvalue weighted by atomic mass is 19.1. The number of aromatic nitrogens is 2. The molecule has 0 spiro atoms. The summed E-state index contributed by atoms with van der Waals surface area (Å²) in [6.07, 6.45) is 2.63. The molecule has 0 aliphatic carbocycles. The summed E-state index contributed by atoms with van der Waals surface area (Å²) in [5.74, 6) is -1.32. The highest BCUT2D eigenvalue weighted by molar-refractivity contribution is 5.92. The molecular formula is C16H12F2N4O2. The third kappa shape index (κ3) is 3.54. The first kappa shape index (κ1) is 15.6. The Morgan fingerprint density at radius 2 is 1.92 bits per heavy atom. The molecule has 0 fully saturated rings. The number of hydrogen-bond acceptors (Lipinski definition) is 5. The van der Waals surface area contributed by atoms with Crippen LogP contribution in [0.15, 0.2) is 53.4 Å². The zero-order valence-corrected chi connectivity index (χ0v) is 12.3. The molecule has 0 saturated heterocycles. The molecule has 0 saturated carbocycles. The van der Waals surface area contributed by atoms with E-state index in [0.717, 1.165) is 18.5 Å². The fourth-order valence-corrected chi connectivity index (χ4v) is 1.97. The molecule has 1 aromatic carbocycles. The smallest absolute Gasteiger partial charge is 0.270 e. The maximum Gasteiger partial charge on any atom is 0.270 e. The number of para-hydroxylation sites is 1. The van der Waals surface area contributed by atoms with Crippen LogP contribution in [0, 0.1) is 11.6 Å². The van der Waals surface area contributed by atoms with Gasteiger partial charge in [0.25, 0.3) is 5.91 Å². The van der Waals surface area contributed by atoms with Crippen LogP contribution in [0.5, 0.6) is 0 Å². The lowest BCUT2D eigenvalue weighted by atomic mass is 10.3. The van der Waals surface area contributed by atoms with Crippen LogP contribution in [-0.4, -0.2) is 15.9 Å². The number of benzene rings is 1. The SMILES string of the molecule is O=C(NCc1ccco1)c1cc(Nc2c(F)cccc2F)ncn1. The molecule has 0 aliphatic heterocycles. The van der Waals surface area contributed by atoms with Gasteiger partial charge in [-0.25, -0.2) is 18.7 Å². The van der Waals surface area contributed by atoms with Crippen LogP contribution < -0.4 is 10.6 Å². The molecule has 0 aliphatic rings. The maximum absolute atomic E-state index is 13.6.